The number of urea groups is 1. The molecule has 0 aliphatic heterocycles. The molecule has 2 amide bonds. The second-order valence-electron chi connectivity index (χ2n) is 5.66. The van der Waals surface area contributed by atoms with Gasteiger partial charge in [-0.05, 0) is 30.9 Å². The van der Waals surface area contributed by atoms with Gasteiger partial charge in [0.05, 0.1) is 14.2 Å². The molecule has 1 aliphatic rings. The van der Waals surface area contributed by atoms with Gasteiger partial charge in [0.15, 0.2) is 0 Å². The van der Waals surface area contributed by atoms with Gasteiger partial charge >= 0.3 is 6.03 Å². The fourth-order valence-electron chi connectivity index (χ4n) is 2.85. The van der Waals surface area contributed by atoms with E-state index in [1.807, 2.05) is 18.2 Å². The summed E-state index contributed by atoms with van der Waals surface area (Å²) in [6.45, 7) is 0.585. The van der Waals surface area contributed by atoms with Crippen molar-refractivity contribution in [3.63, 3.8) is 0 Å². The van der Waals surface area contributed by atoms with Crippen molar-refractivity contribution < 1.29 is 14.3 Å². The van der Waals surface area contributed by atoms with E-state index in [0.29, 0.717) is 12.6 Å². The van der Waals surface area contributed by atoms with Gasteiger partial charge in [-0.1, -0.05) is 25.3 Å². The molecule has 0 spiro atoms. The maximum absolute atomic E-state index is 11.9. The number of benzene rings is 1. The van der Waals surface area contributed by atoms with Crippen LogP contribution in [0.1, 0.15) is 37.7 Å². The molecule has 0 unspecified atom stereocenters. The minimum absolute atomic E-state index is 0.0700. The van der Waals surface area contributed by atoms with Crippen molar-refractivity contribution in [3.8, 4) is 11.5 Å². The summed E-state index contributed by atoms with van der Waals surface area (Å²) >= 11 is 0. The van der Waals surface area contributed by atoms with Crippen LogP contribution >= 0.6 is 0 Å². The van der Waals surface area contributed by atoms with Crippen LogP contribution in [-0.2, 0) is 6.42 Å². The molecule has 1 fully saturated rings. The molecular weight excluding hydrogens is 280 g/mol. The Morgan fingerprint density at radius 1 is 1.18 bits per heavy atom. The van der Waals surface area contributed by atoms with Crippen LogP contribution in [0, 0.1) is 0 Å². The number of nitrogens with one attached hydrogen (secondary N) is 2. The molecule has 0 heterocycles. The summed E-state index contributed by atoms with van der Waals surface area (Å²) in [6, 6.07) is 6.00. The van der Waals surface area contributed by atoms with Crippen LogP contribution in [-0.4, -0.2) is 32.8 Å². The lowest BCUT2D eigenvalue weighted by molar-refractivity contribution is 0.232. The number of hydrogen-bond donors (Lipinski definition) is 2. The number of hydrogen-bond acceptors (Lipinski definition) is 3. The molecule has 0 radical (unpaired) electrons. The Balaban J connectivity index is 1.76. The zero-order chi connectivity index (χ0) is 15.8. The Bertz CT molecular complexity index is 485. The van der Waals surface area contributed by atoms with Gasteiger partial charge in [0, 0.05) is 18.7 Å². The van der Waals surface area contributed by atoms with Gasteiger partial charge in [-0.25, -0.2) is 4.79 Å². The monoisotopic (exact) mass is 306 g/mol. The number of ether oxygens (including phenoxy) is 2. The van der Waals surface area contributed by atoms with E-state index in [1.165, 1.54) is 19.3 Å². The first-order chi connectivity index (χ1) is 10.7. The van der Waals surface area contributed by atoms with Crippen LogP contribution in [0.3, 0.4) is 0 Å². The minimum atomic E-state index is -0.0700. The third kappa shape index (κ3) is 4.83. The molecule has 1 saturated carbocycles. The fourth-order valence-corrected chi connectivity index (χ4v) is 2.85. The first kappa shape index (κ1) is 16.5. The van der Waals surface area contributed by atoms with Crippen LogP contribution in [0.25, 0.3) is 0 Å². The van der Waals surface area contributed by atoms with Crippen molar-refractivity contribution in [3.05, 3.63) is 23.8 Å². The van der Waals surface area contributed by atoms with E-state index in [1.54, 1.807) is 14.2 Å². The van der Waals surface area contributed by atoms with Gasteiger partial charge in [0.2, 0.25) is 0 Å². The van der Waals surface area contributed by atoms with E-state index in [2.05, 4.69) is 10.6 Å². The lowest BCUT2D eigenvalue weighted by Gasteiger charge is -2.22. The van der Waals surface area contributed by atoms with Crippen LogP contribution in [0.15, 0.2) is 18.2 Å². The Morgan fingerprint density at radius 2 is 1.95 bits per heavy atom. The summed E-state index contributed by atoms with van der Waals surface area (Å²) in [7, 11) is 3.27. The molecule has 1 aliphatic carbocycles. The normalized spacial score (nSPS) is 15.2. The molecule has 0 saturated heterocycles. The number of methoxy groups -OCH3 is 2. The number of carbonyl (C=O) groups is 1. The van der Waals surface area contributed by atoms with Crippen LogP contribution in [0.5, 0.6) is 11.5 Å². The molecule has 5 nitrogen and oxygen atoms in total. The van der Waals surface area contributed by atoms with E-state index < -0.39 is 0 Å². The summed E-state index contributed by atoms with van der Waals surface area (Å²) in [5.74, 6) is 1.55. The Hall–Kier alpha value is -1.91. The molecule has 2 N–H and O–H groups in total. The standard InChI is InChI=1S/C17H26N2O3/c1-21-15-9-8-13(16(12-15)22-2)10-11-18-17(20)19-14-6-4-3-5-7-14/h8-9,12,14H,3-7,10-11H2,1-2H3,(H2,18,19,20). The topological polar surface area (TPSA) is 59.6 Å². The molecule has 122 valence electrons. The Morgan fingerprint density at radius 3 is 2.64 bits per heavy atom. The molecule has 0 bridgehead atoms. The number of amides is 2. The fraction of sp³-hybridized carbons (Fsp3) is 0.588. The van der Waals surface area contributed by atoms with Gasteiger partial charge in [-0.15, -0.1) is 0 Å². The number of rotatable bonds is 6. The molecule has 22 heavy (non-hydrogen) atoms. The molecule has 5 heteroatoms. The predicted octanol–water partition coefficient (Wildman–Crippen LogP) is 2.88. The minimum Gasteiger partial charge on any atom is -0.497 e. The summed E-state index contributed by atoms with van der Waals surface area (Å²) < 4.78 is 10.5. The first-order valence-corrected chi connectivity index (χ1v) is 7.98. The Kier molecular flexibility index (Phi) is 6.37. The van der Waals surface area contributed by atoms with Gasteiger partial charge in [0.25, 0.3) is 0 Å². The second-order valence-corrected chi connectivity index (χ2v) is 5.66. The molecule has 2 rings (SSSR count). The largest absolute Gasteiger partial charge is 0.497 e. The van der Waals surface area contributed by atoms with Gasteiger partial charge < -0.3 is 20.1 Å². The number of carbonyl (C=O) groups excluding carboxylic acids is 1. The highest BCUT2D eigenvalue weighted by Crippen LogP contribution is 2.24. The maximum atomic E-state index is 11.9. The van der Waals surface area contributed by atoms with Gasteiger partial charge in [-0.2, -0.15) is 0 Å². The van der Waals surface area contributed by atoms with Crippen molar-refractivity contribution >= 4 is 6.03 Å². The SMILES string of the molecule is COc1ccc(CCNC(=O)NC2CCCCC2)c(OC)c1. The smallest absolute Gasteiger partial charge is 0.315 e. The van der Waals surface area contributed by atoms with Crippen LogP contribution in [0.2, 0.25) is 0 Å². The predicted molar refractivity (Wildman–Crippen MR) is 86.7 cm³/mol. The van der Waals surface area contributed by atoms with Crippen molar-refractivity contribution in [1.29, 1.82) is 0 Å². The van der Waals surface area contributed by atoms with Crippen LogP contribution in [0.4, 0.5) is 4.79 Å². The molecular formula is C17H26N2O3. The van der Waals surface area contributed by atoms with E-state index in [-0.39, 0.29) is 6.03 Å². The van der Waals surface area contributed by atoms with Crippen molar-refractivity contribution in [2.45, 2.75) is 44.6 Å². The lowest BCUT2D eigenvalue weighted by Crippen LogP contribution is -2.43. The average Bonchev–Trinajstić information content (AvgIpc) is 2.56. The van der Waals surface area contributed by atoms with E-state index >= 15 is 0 Å². The van der Waals surface area contributed by atoms with Crippen molar-refractivity contribution in [1.82, 2.24) is 10.6 Å². The average molecular weight is 306 g/mol. The summed E-state index contributed by atoms with van der Waals surface area (Å²) in [6.07, 6.45) is 6.64. The molecule has 1 aromatic rings. The van der Waals surface area contributed by atoms with Gasteiger partial charge in [0.1, 0.15) is 11.5 Å². The van der Waals surface area contributed by atoms with Crippen molar-refractivity contribution in [2.24, 2.45) is 0 Å². The highest BCUT2D eigenvalue weighted by molar-refractivity contribution is 5.74. The Labute approximate surface area is 132 Å². The highest BCUT2D eigenvalue weighted by atomic mass is 16.5. The summed E-state index contributed by atoms with van der Waals surface area (Å²) in [5.41, 5.74) is 1.06. The van der Waals surface area contributed by atoms with E-state index in [4.69, 9.17) is 9.47 Å². The highest BCUT2D eigenvalue weighted by Gasteiger charge is 2.15. The van der Waals surface area contributed by atoms with E-state index in [0.717, 1.165) is 36.3 Å². The molecule has 1 aromatic carbocycles. The summed E-state index contributed by atoms with van der Waals surface area (Å²) in [5, 5.41) is 5.97. The molecule has 0 aromatic heterocycles. The van der Waals surface area contributed by atoms with Crippen molar-refractivity contribution in [2.75, 3.05) is 20.8 Å². The first-order valence-electron chi connectivity index (χ1n) is 7.98. The summed E-state index contributed by atoms with van der Waals surface area (Å²) in [4.78, 5) is 11.9. The maximum Gasteiger partial charge on any atom is 0.315 e. The lowest BCUT2D eigenvalue weighted by atomic mass is 9.96. The second kappa shape index (κ2) is 8.51. The quantitative estimate of drug-likeness (QED) is 0.849. The third-order valence-electron chi connectivity index (χ3n) is 4.11. The van der Waals surface area contributed by atoms with Crippen LogP contribution < -0.4 is 20.1 Å². The van der Waals surface area contributed by atoms with E-state index in [9.17, 15) is 4.79 Å². The zero-order valence-corrected chi connectivity index (χ0v) is 13.5. The zero-order valence-electron chi connectivity index (χ0n) is 13.5. The van der Waals surface area contributed by atoms with Gasteiger partial charge in [-0.3, -0.25) is 0 Å². The third-order valence-corrected chi connectivity index (χ3v) is 4.11. The molecule has 0 atom stereocenters.